The molecule has 0 spiro atoms. The Kier molecular flexibility index (Phi) is 5.95. The summed E-state index contributed by atoms with van der Waals surface area (Å²) in [4.78, 5) is 12.2. The van der Waals surface area contributed by atoms with Crippen LogP contribution in [0.25, 0.3) is 0 Å². The average molecular weight is 448 g/mol. The van der Waals surface area contributed by atoms with E-state index in [4.69, 9.17) is 21.1 Å². The predicted molar refractivity (Wildman–Crippen MR) is 96.6 cm³/mol. The zero-order chi connectivity index (χ0) is 17.0. The van der Waals surface area contributed by atoms with Crippen molar-refractivity contribution in [2.75, 3.05) is 14.2 Å². The standard InChI is InChI=1S/C16H15ClINO4/c1-22-13-5-9(6-14(23-2)15(13)20)8-19-16(21)10-3-4-11(17)12(18)7-10/h3-7,20H,8H2,1-2H3,(H,19,21). The first-order chi connectivity index (χ1) is 11.0. The Hall–Kier alpha value is -1.67. The lowest BCUT2D eigenvalue weighted by atomic mass is 10.1. The third-order valence-electron chi connectivity index (χ3n) is 3.17. The second-order valence-corrected chi connectivity index (χ2v) is 6.23. The number of carbonyl (C=O) groups excluding carboxylic acids is 1. The molecule has 0 aliphatic carbocycles. The molecule has 2 N–H and O–H groups in total. The van der Waals surface area contributed by atoms with E-state index in [1.165, 1.54) is 14.2 Å². The predicted octanol–water partition coefficient (Wildman–Crippen LogP) is 3.60. The topological polar surface area (TPSA) is 67.8 Å². The van der Waals surface area contributed by atoms with Crippen LogP contribution >= 0.6 is 34.2 Å². The number of hydrogen-bond donors (Lipinski definition) is 2. The van der Waals surface area contributed by atoms with Crippen molar-refractivity contribution in [2.45, 2.75) is 6.54 Å². The molecule has 0 radical (unpaired) electrons. The van der Waals surface area contributed by atoms with Gasteiger partial charge in [-0.15, -0.1) is 0 Å². The van der Waals surface area contributed by atoms with Crippen LogP contribution in [-0.2, 0) is 6.54 Å². The second kappa shape index (κ2) is 7.74. The fourth-order valence-electron chi connectivity index (χ4n) is 1.97. The highest BCUT2D eigenvalue weighted by molar-refractivity contribution is 14.1. The molecule has 0 saturated carbocycles. The van der Waals surface area contributed by atoms with Gasteiger partial charge in [-0.1, -0.05) is 11.6 Å². The highest BCUT2D eigenvalue weighted by Gasteiger charge is 2.13. The summed E-state index contributed by atoms with van der Waals surface area (Å²) < 4.78 is 11.0. The summed E-state index contributed by atoms with van der Waals surface area (Å²) in [5.41, 5.74) is 1.27. The average Bonchev–Trinajstić information content (AvgIpc) is 2.55. The maximum absolute atomic E-state index is 12.2. The maximum Gasteiger partial charge on any atom is 0.251 e. The van der Waals surface area contributed by atoms with Gasteiger partial charge in [-0.2, -0.15) is 0 Å². The second-order valence-electron chi connectivity index (χ2n) is 4.66. The van der Waals surface area contributed by atoms with Crippen LogP contribution < -0.4 is 14.8 Å². The van der Waals surface area contributed by atoms with E-state index in [0.29, 0.717) is 10.6 Å². The van der Waals surface area contributed by atoms with E-state index in [2.05, 4.69) is 27.9 Å². The molecule has 0 heterocycles. The van der Waals surface area contributed by atoms with Crippen LogP contribution in [0.2, 0.25) is 5.02 Å². The Labute approximate surface area is 152 Å². The first-order valence-corrected chi connectivity index (χ1v) is 8.09. The number of benzene rings is 2. The zero-order valence-corrected chi connectivity index (χ0v) is 15.4. The summed E-state index contributed by atoms with van der Waals surface area (Å²) in [6.07, 6.45) is 0. The fourth-order valence-corrected chi connectivity index (χ4v) is 2.60. The largest absolute Gasteiger partial charge is 0.502 e. The van der Waals surface area contributed by atoms with Gasteiger partial charge < -0.3 is 19.9 Å². The lowest BCUT2D eigenvalue weighted by Crippen LogP contribution is -2.22. The number of hydrogen-bond acceptors (Lipinski definition) is 4. The number of rotatable bonds is 5. The Morgan fingerprint density at radius 1 is 1.22 bits per heavy atom. The van der Waals surface area contributed by atoms with Crippen LogP contribution in [0.5, 0.6) is 17.2 Å². The van der Waals surface area contributed by atoms with Crippen molar-refractivity contribution in [3.8, 4) is 17.2 Å². The molecule has 122 valence electrons. The smallest absolute Gasteiger partial charge is 0.251 e. The summed E-state index contributed by atoms with van der Waals surface area (Å²) in [6, 6.07) is 8.35. The van der Waals surface area contributed by atoms with Crippen LogP contribution in [0.15, 0.2) is 30.3 Å². The number of phenols is 1. The van der Waals surface area contributed by atoms with Crippen molar-refractivity contribution in [3.05, 3.63) is 50.1 Å². The Morgan fingerprint density at radius 3 is 2.35 bits per heavy atom. The zero-order valence-electron chi connectivity index (χ0n) is 12.5. The molecule has 7 heteroatoms. The van der Waals surface area contributed by atoms with Gasteiger partial charge in [0.25, 0.3) is 5.91 Å². The van der Waals surface area contributed by atoms with Gasteiger partial charge in [0, 0.05) is 15.7 Å². The monoisotopic (exact) mass is 447 g/mol. The van der Waals surface area contributed by atoms with Gasteiger partial charge >= 0.3 is 0 Å². The number of methoxy groups -OCH3 is 2. The molecule has 23 heavy (non-hydrogen) atoms. The first-order valence-electron chi connectivity index (χ1n) is 6.63. The van der Waals surface area contributed by atoms with E-state index in [-0.39, 0.29) is 29.7 Å². The van der Waals surface area contributed by atoms with Gasteiger partial charge in [0.05, 0.1) is 19.2 Å². The van der Waals surface area contributed by atoms with Crippen LogP contribution in [0, 0.1) is 3.57 Å². The van der Waals surface area contributed by atoms with E-state index in [1.54, 1.807) is 30.3 Å². The molecule has 2 rings (SSSR count). The number of amides is 1. The molecule has 0 fully saturated rings. The number of carbonyl (C=O) groups is 1. The summed E-state index contributed by atoms with van der Waals surface area (Å²) >= 11 is 8.02. The molecule has 0 aliphatic heterocycles. The molecule has 0 bridgehead atoms. The molecular formula is C16H15ClINO4. The van der Waals surface area contributed by atoms with Crippen molar-refractivity contribution in [1.29, 1.82) is 0 Å². The van der Waals surface area contributed by atoms with Crippen LogP contribution in [0.1, 0.15) is 15.9 Å². The molecule has 0 aliphatic rings. The van der Waals surface area contributed by atoms with Crippen LogP contribution in [-0.4, -0.2) is 25.2 Å². The van der Waals surface area contributed by atoms with E-state index in [9.17, 15) is 9.90 Å². The van der Waals surface area contributed by atoms with Crippen molar-refractivity contribution in [1.82, 2.24) is 5.32 Å². The van der Waals surface area contributed by atoms with Gasteiger partial charge in [-0.3, -0.25) is 4.79 Å². The summed E-state index contributed by atoms with van der Waals surface area (Å²) in [5.74, 6) is 0.284. The molecule has 5 nitrogen and oxygen atoms in total. The third kappa shape index (κ3) is 4.20. The van der Waals surface area contributed by atoms with Gasteiger partial charge in [0.2, 0.25) is 5.75 Å². The molecular weight excluding hydrogens is 433 g/mol. The van der Waals surface area contributed by atoms with Gasteiger partial charge in [-0.25, -0.2) is 0 Å². The Bertz CT molecular complexity index is 711. The van der Waals surface area contributed by atoms with Gasteiger partial charge in [0.1, 0.15) is 0 Å². The quantitative estimate of drug-likeness (QED) is 0.688. The highest BCUT2D eigenvalue weighted by Crippen LogP contribution is 2.37. The Balaban J connectivity index is 2.13. The lowest BCUT2D eigenvalue weighted by molar-refractivity contribution is 0.0950. The minimum Gasteiger partial charge on any atom is -0.502 e. The highest BCUT2D eigenvalue weighted by atomic mass is 127. The van der Waals surface area contributed by atoms with Crippen molar-refractivity contribution in [2.24, 2.45) is 0 Å². The molecule has 2 aromatic rings. The summed E-state index contributed by atoms with van der Waals surface area (Å²) in [7, 11) is 2.90. The number of halogens is 2. The van der Waals surface area contributed by atoms with Crippen molar-refractivity contribution >= 4 is 40.1 Å². The normalized spacial score (nSPS) is 10.3. The molecule has 0 saturated heterocycles. The molecule has 0 unspecified atom stereocenters. The number of aromatic hydroxyl groups is 1. The number of ether oxygens (including phenoxy) is 2. The minimum absolute atomic E-state index is 0.0719. The summed E-state index contributed by atoms with van der Waals surface area (Å²) in [5, 5.41) is 13.3. The van der Waals surface area contributed by atoms with Crippen molar-refractivity contribution < 1.29 is 19.4 Å². The van der Waals surface area contributed by atoms with Crippen molar-refractivity contribution in [3.63, 3.8) is 0 Å². The van der Waals surface area contributed by atoms with E-state index in [0.717, 1.165) is 9.13 Å². The Morgan fingerprint density at radius 2 is 1.83 bits per heavy atom. The lowest BCUT2D eigenvalue weighted by Gasteiger charge is -2.12. The molecule has 0 aromatic heterocycles. The number of nitrogens with one attached hydrogen (secondary N) is 1. The van der Waals surface area contributed by atoms with Gasteiger partial charge in [0.15, 0.2) is 11.5 Å². The van der Waals surface area contributed by atoms with E-state index >= 15 is 0 Å². The first kappa shape index (κ1) is 17.7. The third-order valence-corrected chi connectivity index (χ3v) is 4.72. The van der Waals surface area contributed by atoms with Crippen LogP contribution in [0.3, 0.4) is 0 Å². The van der Waals surface area contributed by atoms with Crippen LogP contribution in [0.4, 0.5) is 0 Å². The minimum atomic E-state index is -0.217. The SMILES string of the molecule is COc1cc(CNC(=O)c2ccc(Cl)c(I)c2)cc(OC)c1O. The fraction of sp³-hybridized carbons (Fsp3) is 0.188. The maximum atomic E-state index is 12.2. The van der Waals surface area contributed by atoms with E-state index in [1.807, 2.05) is 0 Å². The molecule has 0 atom stereocenters. The molecule has 1 amide bonds. The molecule has 2 aromatic carbocycles. The van der Waals surface area contributed by atoms with Gasteiger partial charge in [-0.05, 0) is 58.5 Å². The van der Waals surface area contributed by atoms with E-state index < -0.39 is 0 Å². The summed E-state index contributed by atoms with van der Waals surface area (Å²) in [6.45, 7) is 0.269. The number of phenolic OH excluding ortho intramolecular Hbond substituents is 1.